The Kier molecular flexibility index (Phi) is 15.3. The summed E-state index contributed by atoms with van der Waals surface area (Å²) in [5, 5.41) is 16.1. The summed E-state index contributed by atoms with van der Waals surface area (Å²) in [5.74, 6) is 0. The van der Waals surface area contributed by atoms with E-state index in [2.05, 4.69) is 335 Å². The second kappa shape index (κ2) is 26.0. The van der Waals surface area contributed by atoms with E-state index in [4.69, 9.17) is 34.9 Å². The molecule has 0 N–H and O–H groups in total. The maximum absolute atomic E-state index is 5.60. The molecular formula is C101H67N7Si2. The number of hydrogen-bond donors (Lipinski definition) is 0. The summed E-state index contributed by atoms with van der Waals surface area (Å²) in [7, 11) is -6.02. The molecule has 0 saturated heterocycles. The summed E-state index contributed by atoms with van der Waals surface area (Å²) in [6.45, 7) is 4.42. The first-order valence-electron chi connectivity index (χ1n) is 37.5. The molecule has 0 unspecified atom stereocenters. The van der Waals surface area contributed by atoms with Gasteiger partial charge in [-0.05, 0) is 185 Å². The molecule has 21 rings (SSSR count). The van der Waals surface area contributed by atoms with Crippen molar-refractivity contribution >= 4 is 101 Å². The minimum atomic E-state index is -3.02. The highest BCUT2D eigenvalue weighted by Crippen LogP contribution is 2.40. The lowest BCUT2D eigenvalue weighted by molar-refractivity contribution is 1.33. The highest BCUT2D eigenvalue weighted by atomic mass is 28.3. The van der Waals surface area contributed by atoms with Gasteiger partial charge in [0.2, 0.25) is 0 Å². The largest absolute Gasteiger partial charge is 0.256 e. The Morgan fingerprint density at radius 1 is 0.200 bits per heavy atom. The van der Waals surface area contributed by atoms with Crippen molar-refractivity contribution in [2.75, 3.05) is 0 Å². The van der Waals surface area contributed by atoms with Gasteiger partial charge in [-0.1, -0.05) is 266 Å². The molecule has 0 saturated carbocycles. The van der Waals surface area contributed by atoms with Crippen LogP contribution in [0.3, 0.4) is 0 Å². The van der Waals surface area contributed by atoms with Crippen LogP contribution in [0.15, 0.2) is 371 Å². The fourth-order valence-corrected chi connectivity index (χ4v) is 28.2. The average Bonchev–Trinajstić information content (AvgIpc) is 1.53. The van der Waals surface area contributed by atoms with Crippen LogP contribution in [-0.4, -0.2) is 51.0 Å². The number of nitrogens with zero attached hydrogens (tertiary/aromatic N) is 7. The molecule has 0 atom stereocenters. The minimum absolute atomic E-state index is 0.856. The predicted octanol–water partition coefficient (Wildman–Crippen LogP) is 18.7. The second-order valence-electron chi connectivity index (χ2n) is 29.3. The average molecular weight is 1430 g/mol. The van der Waals surface area contributed by atoms with Crippen LogP contribution in [0.1, 0.15) is 11.1 Å². The highest BCUT2D eigenvalue weighted by molar-refractivity contribution is 7.23. The SMILES string of the molecule is Cc1ccc2c(c1)-c1cc(-c3ccc4ccc5ccc(-c6cccc(-c7ccc8ccc9ccc(-c%10ccc%11c(c%10)-c%10cc(C)ccc%10[Si]%11(c%10cccc(-c%11ccccn%11)c%10)c%10cccc(-c%11ccccn%11)c%10)nc9c8n7)c6)nc5c4c3)ccc1[Si]2(c1cccc(-c2ccccn2)c1)c1cccc(-c2ccccn2)c1. The Morgan fingerprint density at radius 3 is 0.909 bits per heavy atom. The van der Waals surface area contributed by atoms with Gasteiger partial charge in [-0.3, -0.25) is 19.9 Å². The van der Waals surface area contributed by atoms with Gasteiger partial charge in [0.25, 0.3) is 0 Å². The van der Waals surface area contributed by atoms with Gasteiger partial charge in [-0.25, -0.2) is 15.0 Å². The van der Waals surface area contributed by atoms with E-state index < -0.39 is 16.1 Å². The molecule has 110 heavy (non-hydrogen) atoms. The van der Waals surface area contributed by atoms with Crippen LogP contribution < -0.4 is 41.5 Å². The van der Waals surface area contributed by atoms with Crippen LogP contribution in [-0.2, 0) is 0 Å². The third-order valence-corrected chi connectivity index (χ3v) is 32.6. The van der Waals surface area contributed by atoms with Gasteiger partial charge >= 0.3 is 0 Å². The fourth-order valence-electron chi connectivity index (χ4n) is 17.8. The number of pyridine rings is 7. The molecule has 9 heterocycles. The van der Waals surface area contributed by atoms with E-state index in [9.17, 15) is 0 Å². The molecule has 12 aromatic carbocycles. The van der Waals surface area contributed by atoms with Crippen LogP contribution in [0.25, 0.3) is 156 Å². The van der Waals surface area contributed by atoms with E-state index in [0.29, 0.717) is 0 Å². The molecule has 2 aliphatic rings. The van der Waals surface area contributed by atoms with Crippen molar-refractivity contribution in [3.8, 4) is 112 Å². The van der Waals surface area contributed by atoms with Gasteiger partial charge in [0.05, 0.1) is 56.4 Å². The lowest BCUT2D eigenvalue weighted by Gasteiger charge is -2.32. The molecule has 0 bridgehead atoms. The van der Waals surface area contributed by atoms with E-state index in [0.717, 1.165) is 133 Å². The van der Waals surface area contributed by atoms with Crippen molar-refractivity contribution in [1.82, 2.24) is 34.9 Å². The minimum Gasteiger partial charge on any atom is -0.256 e. The standard InChI is InChI=1S/C101H67N7Si2/c1-64-30-46-95-84(54-64)86-62-71(41-48-97(86)109(95,79-22-12-18-74(57-79)88-26-3-7-50-102-88)80-23-13-19-75(58-80)89-27-4-8-51-103-89)70-37-33-66-32-34-67-38-43-92(106-99(67)83(66)61-70)72-16-11-17-73(56-72)93-44-39-68-35-36-69-40-45-94(108-101(69)100(68)107-93)78-42-49-98-87(63-78)85-55-65(2)31-47-96(85)110(98,81-24-14-20-76(59-81)90-28-5-9-52-104-90)82-25-15-21-77(60-82)91-29-6-10-53-105-91/h3-63H,1-2H3. The molecule has 7 nitrogen and oxygen atoms in total. The fraction of sp³-hybridized carbons (Fsp3) is 0.0198. The van der Waals surface area contributed by atoms with Crippen molar-refractivity contribution in [1.29, 1.82) is 0 Å². The van der Waals surface area contributed by atoms with Crippen molar-refractivity contribution in [3.63, 3.8) is 0 Å². The topological polar surface area (TPSA) is 90.2 Å². The number of rotatable bonds is 12. The summed E-state index contributed by atoms with van der Waals surface area (Å²) in [4.78, 5) is 36.1. The van der Waals surface area contributed by atoms with Gasteiger partial charge in [0.1, 0.15) is 0 Å². The molecule has 0 fully saturated rings. The van der Waals surface area contributed by atoms with Crippen molar-refractivity contribution in [2.45, 2.75) is 13.8 Å². The van der Waals surface area contributed by atoms with Crippen molar-refractivity contribution < 1.29 is 0 Å². The zero-order chi connectivity index (χ0) is 73.0. The maximum Gasteiger partial charge on any atom is 0.180 e. The Bertz CT molecular complexity index is 6370. The number of fused-ring (bicyclic) bond motifs is 12. The van der Waals surface area contributed by atoms with Crippen molar-refractivity contribution in [3.05, 3.63) is 382 Å². The summed E-state index contributed by atoms with van der Waals surface area (Å²) < 4.78 is 0. The first-order valence-corrected chi connectivity index (χ1v) is 41.5. The van der Waals surface area contributed by atoms with E-state index in [1.165, 1.54) is 74.9 Å². The number of aromatic nitrogens is 7. The van der Waals surface area contributed by atoms with Gasteiger partial charge in [-0.15, -0.1) is 0 Å². The van der Waals surface area contributed by atoms with Crippen LogP contribution in [0.5, 0.6) is 0 Å². The molecule has 0 amide bonds. The third-order valence-electron chi connectivity index (χ3n) is 22.9. The van der Waals surface area contributed by atoms with Crippen molar-refractivity contribution in [2.24, 2.45) is 0 Å². The van der Waals surface area contributed by atoms with Gasteiger partial charge < -0.3 is 0 Å². The zero-order valence-corrected chi connectivity index (χ0v) is 62.3. The summed E-state index contributed by atoms with van der Waals surface area (Å²) in [5.41, 5.74) is 26.4. The summed E-state index contributed by atoms with van der Waals surface area (Å²) >= 11 is 0. The second-order valence-corrected chi connectivity index (χ2v) is 36.7. The van der Waals surface area contributed by atoms with E-state index >= 15 is 0 Å². The number of benzene rings is 12. The molecule has 0 spiro atoms. The van der Waals surface area contributed by atoms with E-state index in [1.54, 1.807) is 0 Å². The Morgan fingerprint density at radius 2 is 0.500 bits per heavy atom. The lowest BCUT2D eigenvalue weighted by Crippen LogP contribution is -2.72. The number of aryl methyl sites for hydroxylation is 2. The third kappa shape index (κ3) is 10.6. The van der Waals surface area contributed by atoms with Crippen LogP contribution >= 0.6 is 0 Å². The first kappa shape index (κ1) is 64.5. The Labute approximate surface area is 639 Å². The molecular weight excluding hydrogens is 1370 g/mol. The van der Waals surface area contributed by atoms with Gasteiger partial charge in [0.15, 0.2) is 16.1 Å². The van der Waals surface area contributed by atoms with Gasteiger partial charge in [-0.2, -0.15) is 0 Å². The lowest BCUT2D eigenvalue weighted by atomic mass is 9.96. The highest BCUT2D eigenvalue weighted by Gasteiger charge is 2.51. The van der Waals surface area contributed by atoms with Crippen LogP contribution in [0.4, 0.5) is 0 Å². The molecule has 2 aliphatic heterocycles. The molecule has 7 aromatic heterocycles. The zero-order valence-electron chi connectivity index (χ0n) is 60.3. The Hall–Kier alpha value is -13.8. The quantitative estimate of drug-likeness (QED) is 0.0889. The van der Waals surface area contributed by atoms with E-state index in [-0.39, 0.29) is 0 Å². The Balaban J connectivity index is 0.640. The smallest absolute Gasteiger partial charge is 0.180 e. The molecule has 0 aliphatic carbocycles. The molecule has 514 valence electrons. The normalized spacial score (nSPS) is 13.0. The number of hydrogen-bond acceptors (Lipinski definition) is 7. The summed E-state index contributed by atoms with van der Waals surface area (Å²) in [6.07, 6.45) is 7.53. The maximum atomic E-state index is 5.60. The first-order chi connectivity index (χ1) is 54.3. The molecule has 9 heteroatoms. The predicted molar refractivity (Wildman–Crippen MR) is 459 cm³/mol. The molecule has 0 radical (unpaired) electrons. The molecule has 19 aromatic rings. The monoisotopic (exact) mass is 1430 g/mol. The van der Waals surface area contributed by atoms with E-state index in [1.807, 2.05) is 49.1 Å². The van der Waals surface area contributed by atoms with Gasteiger partial charge in [0, 0.05) is 85.3 Å². The van der Waals surface area contributed by atoms with Crippen LogP contribution in [0, 0.1) is 13.8 Å². The summed E-state index contributed by atoms with van der Waals surface area (Å²) in [6, 6.07) is 127. The van der Waals surface area contributed by atoms with Crippen LogP contribution in [0.2, 0.25) is 0 Å².